The van der Waals surface area contributed by atoms with Gasteiger partial charge in [-0.15, -0.1) is 11.3 Å². The third-order valence-electron chi connectivity index (χ3n) is 3.26. The molecule has 114 valence electrons. The van der Waals surface area contributed by atoms with Gasteiger partial charge in [-0.1, -0.05) is 12.1 Å². The van der Waals surface area contributed by atoms with Crippen molar-refractivity contribution in [2.24, 2.45) is 0 Å². The second-order valence-corrected chi connectivity index (χ2v) is 5.85. The van der Waals surface area contributed by atoms with Gasteiger partial charge in [-0.25, -0.2) is 0 Å². The fraction of sp³-hybridized carbons (Fsp3) is 0.235. The first-order chi connectivity index (χ1) is 10.8. The molecular formula is C17H17NO3S. The Bertz CT molecular complexity index is 665. The van der Waals surface area contributed by atoms with E-state index in [1.54, 1.807) is 17.4 Å². The molecule has 0 radical (unpaired) electrons. The van der Waals surface area contributed by atoms with Gasteiger partial charge in [0.15, 0.2) is 11.5 Å². The van der Waals surface area contributed by atoms with Crippen LogP contribution in [0.1, 0.15) is 10.4 Å². The Balaban J connectivity index is 1.47. The number of rotatable bonds is 5. The summed E-state index contributed by atoms with van der Waals surface area (Å²) in [5.41, 5.74) is 1.12. The van der Waals surface area contributed by atoms with Crippen molar-refractivity contribution in [2.45, 2.75) is 6.42 Å². The maximum absolute atomic E-state index is 11.7. The SMILES string of the molecule is O=C(/C=C/c1cccs1)NCCc1ccc2c(c1)OCCO2. The van der Waals surface area contributed by atoms with Crippen LogP contribution in [0.5, 0.6) is 11.5 Å². The van der Waals surface area contributed by atoms with Crippen LogP contribution in [-0.2, 0) is 11.2 Å². The van der Waals surface area contributed by atoms with Gasteiger partial charge in [0.25, 0.3) is 0 Å². The summed E-state index contributed by atoms with van der Waals surface area (Å²) in [6, 6.07) is 9.83. The van der Waals surface area contributed by atoms with Gasteiger partial charge in [-0.3, -0.25) is 4.79 Å². The van der Waals surface area contributed by atoms with E-state index in [0.29, 0.717) is 19.8 Å². The fourth-order valence-electron chi connectivity index (χ4n) is 2.18. The standard InChI is InChI=1S/C17H17NO3S/c19-17(6-4-14-2-1-11-22-14)18-8-7-13-3-5-15-16(12-13)21-10-9-20-15/h1-6,11-12H,7-10H2,(H,18,19)/b6-4+. The Kier molecular flexibility index (Phi) is 4.75. The normalized spacial score (nSPS) is 13.3. The van der Waals surface area contributed by atoms with Gasteiger partial charge in [0.2, 0.25) is 5.91 Å². The van der Waals surface area contributed by atoms with Crippen LogP contribution in [0, 0.1) is 0 Å². The zero-order chi connectivity index (χ0) is 15.2. The van der Waals surface area contributed by atoms with Crippen molar-refractivity contribution >= 4 is 23.3 Å². The number of ether oxygens (including phenoxy) is 2. The van der Waals surface area contributed by atoms with Crippen molar-refractivity contribution in [3.63, 3.8) is 0 Å². The third kappa shape index (κ3) is 3.89. The van der Waals surface area contributed by atoms with E-state index in [9.17, 15) is 4.79 Å². The quantitative estimate of drug-likeness (QED) is 0.863. The highest BCUT2D eigenvalue weighted by molar-refractivity contribution is 7.10. The van der Waals surface area contributed by atoms with Gasteiger partial charge in [0.1, 0.15) is 13.2 Å². The summed E-state index contributed by atoms with van der Waals surface area (Å²) in [6.07, 6.45) is 4.15. The molecule has 0 bridgehead atoms. The van der Waals surface area contributed by atoms with Crippen LogP contribution >= 0.6 is 11.3 Å². The largest absolute Gasteiger partial charge is 0.486 e. The molecule has 1 aromatic heterocycles. The second-order valence-electron chi connectivity index (χ2n) is 4.87. The lowest BCUT2D eigenvalue weighted by Crippen LogP contribution is -2.23. The molecule has 0 fully saturated rings. The molecule has 1 aliphatic heterocycles. The topological polar surface area (TPSA) is 47.6 Å². The summed E-state index contributed by atoms with van der Waals surface area (Å²) in [6.45, 7) is 1.77. The number of amides is 1. The summed E-state index contributed by atoms with van der Waals surface area (Å²) in [5.74, 6) is 1.50. The minimum atomic E-state index is -0.0778. The Morgan fingerprint density at radius 3 is 2.91 bits per heavy atom. The molecule has 3 rings (SSSR count). The number of fused-ring (bicyclic) bond motifs is 1. The minimum absolute atomic E-state index is 0.0778. The Hall–Kier alpha value is -2.27. The van der Waals surface area contributed by atoms with E-state index in [-0.39, 0.29) is 5.91 Å². The molecule has 5 heteroatoms. The maximum Gasteiger partial charge on any atom is 0.244 e. The summed E-state index contributed by atoms with van der Waals surface area (Å²) >= 11 is 1.61. The van der Waals surface area contributed by atoms with Gasteiger partial charge in [0.05, 0.1) is 0 Å². The van der Waals surface area contributed by atoms with Gasteiger partial charge >= 0.3 is 0 Å². The van der Waals surface area contributed by atoms with Crippen molar-refractivity contribution in [2.75, 3.05) is 19.8 Å². The maximum atomic E-state index is 11.7. The van der Waals surface area contributed by atoms with Crippen LogP contribution in [0.2, 0.25) is 0 Å². The number of carbonyl (C=O) groups is 1. The molecule has 0 saturated heterocycles. The van der Waals surface area contributed by atoms with E-state index >= 15 is 0 Å². The van der Waals surface area contributed by atoms with E-state index in [0.717, 1.165) is 28.4 Å². The highest BCUT2D eigenvalue weighted by atomic mass is 32.1. The molecule has 4 nitrogen and oxygen atoms in total. The molecule has 1 aromatic carbocycles. The first kappa shape index (κ1) is 14.7. The average molecular weight is 315 g/mol. The predicted molar refractivity (Wildman–Crippen MR) is 87.5 cm³/mol. The first-order valence-electron chi connectivity index (χ1n) is 7.19. The number of nitrogens with one attached hydrogen (secondary N) is 1. The molecule has 0 atom stereocenters. The van der Waals surface area contributed by atoms with Crippen LogP contribution in [0.3, 0.4) is 0 Å². The molecule has 2 aromatic rings. The number of carbonyl (C=O) groups excluding carboxylic acids is 1. The van der Waals surface area contributed by atoms with E-state index in [1.807, 2.05) is 41.8 Å². The van der Waals surface area contributed by atoms with Crippen molar-refractivity contribution < 1.29 is 14.3 Å². The Morgan fingerprint density at radius 2 is 2.09 bits per heavy atom. The Labute approximate surface area is 133 Å². The molecule has 0 spiro atoms. The summed E-state index contributed by atoms with van der Waals surface area (Å²) < 4.78 is 11.0. The lowest BCUT2D eigenvalue weighted by molar-refractivity contribution is -0.116. The van der Waals surface area contributed by atoms with E-state index in [1.165, 1.54) is 0 Å². The van der Waals surface area contributed by atoms with Crippen LogP contribution < -0.4 is 14.8 Å². The van der Waals surface area contributed by atoms with Crippen molar-refractivity contribution in [1.82, 2.24) is 5.32 Å². The van der Waals surface area contributed by atoms with Crippen molar-refractivity contribution in [1.29, 1.82) is 0 Å². The Morgan fingerprint density at radius 1 is 1.23 bits per heavy atom. The molecule has 1 amide bonds. The van der Waals surface area contributed by atoms with Gasteiger partial charge in [-0.05, 0) is 41.6 Å². The number of hydrogen-bond acceptors (Lipinski definition) is 4. The monoisotopic (exact) mass is 315 g/mol. The van der Waals surface area contributed by atoms with Gasteiger partial charge in [0, 0.05) is 17.5 Å². The van der Waals surface area contributed by atoms with E-state index < -0.39 is 0 Å². The number of thiophene rings is 1. The van der Waals surface area contributed by atoms with Crippen LogP contribution in [0.25, 0.3) is 6.08 Å². The van der Waals surface area contributed by atoms with Crippen molar-refractivity contribution in [3.05, 3.63) is 52.2 Å². The van der Waals surface area contributed by atoms with Crippen LogP contribution in [-0.4, -0.2) is 25.7 Å². The molecule has 0 saturated carbocycles. The highest BCUT2D eigenvalue weighted by Gasteiger charge is 2.11. The van der Waals surface area contributed by atoms with Crippen LogP contribution in [0.15, 0.2) is 41.8 Å². The van der Waals surface area contributed by atoms with Crippen LogP contribution in [0.4, 0.5) is 0 Å². The summed E-state index contributed by atoms with van der Waals surface area (Å²) in [4.78, 5) is 12.8. The zero-order valence-electron chi connectivity index (χ0n) is 12.1. The average Bonchev–Trinajstić information content (AvgIpc) is 3.06. The van der Waals surface area contributed by atoms with E-state index in [4.69, 9.17) is 9.47 Å². The smallest absolute Gasteiger partial charge is 0.244 e. The minimum Gasteiger partial charge on any atom is -0.486 e. The molecule has 0 unspecified atom stereocenters. The zero-order valence-corrected chi connectivity index (χ0v) is 12.9. The molecule has 2 heterocycles. The lowest BCUT2D eigenvalue weighted by atomic mass is 10.1. The molecule has 0 aliphatic carbocycles. The summed E-state index contributed by atoms with van der Waals surface area (Å²) in [7, 11) is 0. The first-order valence-corrected chi connectivity index (χ1v) is 8.07. The molecular weight excluding hydrogens is 298 g/mol. The van der Waals surface area contributed by atoms with E-state index in [2.05, 4.69) is 5.32 Å². The second kappa shape index (κ2) is 7.13. The predicted octanol–water partition coefficient (Wildman–Crippen LogP) is 2.89. The summed E-state index contributed by atoms with van der Waals surface area (Å²) in [5, 5.41) is 4.87. The molecule has 1 N–H and O–H groups in total. The molecule has 1 aliphatic rings. The van der Waals surface area contributed by atoms with Crippen molar-refractivity contribution in [3.8, 4) is 11.5 Å². The van der Waals surface area contributed by atoms with Gasteiger partial charge < -0.3 is 14.8 Å². The fourth-order valence-corrected chi connectivity index (χ4v) is 2.79. The number of hydrogen-bond donors (Lipinski definition) is 1. The van der Waals surface area contributed by atoms with Gasteiger partial charge in [-0.2, -0.15) is 0 Å². The lowest BCUT2D eigenvalue weighted by Gasteiger charge is -2.18. The third-order valence-corrected chi connectivity index (χ3v) is 4.10. The number of benzene rings is 1. The molecule has 22 heavy (non-hydrogen) atoms. The highest BCUT2D eigenvalue weighted by Crippen LogP contribution is 2.30.